The number of hydrogen-bond donors (Lipinski definition) is 2. The zero-order valence-corrected chi connectivity index (χ0v) is 15.1. The summed E-state index contributed by atoms with van der Waals surface area (Å²) in [4.78, 5) is 17.1. The molecule has 0 fully saturated rings. The highest BCUT2D eigenvalue weighted by atomic mass is 19.1. The number of aromatic nitrogens is 4. The fourth-order valence-corrected chi connectivity index (χ4v) is 3.16. The van der Waals surface area contributed by atoms with Crippen molar-refractivity contribution in [3.8, 4) is 11.4 Å². The first kappa shape index (κ1) is 17.9. The van der Waals surface area contributed by atoms with Crippen molar-refractivity contribution >= 4 is 22.6 Å². The molecule has 0 radical (unpaired) electrons. The van der Waals surface area contributed by atoms with E-state index in [-0.39, 0.29) is 12.2 Å². The third kappa shape index (κ3) is 3.37. The number of rotatable bonds is 5. The van der Waals surface area contributed by atoms with Gasteiger partial charge in [0, 0.05) is 30.9 Å². The Morgan fingerprint density at radius 2 is 2.07 bits per heavy atom. The number of halogens is 1. The predicted molar refractivity (Wildman–Crippen MR) is 103 cm³/mol. The number of carbonyl (C=O) groups excluding carboxylic acids is 1. The van der Waals surface area contributed by atoms with E-state index in [0.29, 0.717) is 23.6 Å². The molecule has 0 saturated heterocycles. The maximum absolute atomic E-state index is 14.3. The Balaban J connectivity index is 1.76. The van der Waals surface area contributed by atoms with Crippen LogP contribution < -0.4 is 5.32 Å². The summed E-state index contributed by atoms with van der Waals surface area (Å²) in [5.74, 6) is -0.500. The van der Waals surface area contributed by atoms with Gasteiger partial charge in [0.25, 0.3) is 5.91 Å². The second-order valence-electron chi connectivity index (χ2n) is 6.38. The molecule has 0 atom stereocenters. The van der Waals surface area contributed by atoms with E-state index in [2.05, 4.69) is 15.4 Å². The summed E-state index contributed by atoms with van der Waals surface area (Å²) in [6, 6.07) is 11.6. The van der Waals surface area contributed by atoms with E-state index in [9.17, 15) is 14.3 Å². The number of aliphatic hydroxyl groups is 1. The summed E-state index contributed by atoms with van der Waals surface area (Å²) in [5, 5.41) is 16.1. The van der Waals surface area contributed by atoms with Crippen molar-refractivity contribution in [2.45, 2.75) is 6.54 Å². The molecule has 1 amide bonds. The summed E-state index contributed by atoms with van der Waals surface area (Å²) >= 11 is 0. The van der Waals surface area contributed by atoms with Gasteiger partial charge in [0.1, 0.15) is 11.6 Å². The van der Waals surface area contributed by atoms with Crippen LogP contribution in [0.5, 0.6) is 0 Å². The molecule has 7 nitrogen and oxygen atoms in total. The summed E-state index contributed by atoms with van der Waals surface area (Å²) < 4.78 is 17.7. The van der Waals surface area contributed by atoms with Crippen LogP contribution in [0, 0.1) is 5.82 Å². The van der Waals surface area contributed by atoms with Crippen LogP contribution in [0.3, 0.4) is 0 Å². The van der Waals surface area contributed by atoms with Crippen molar-refractivity contribution in [1.29, 1.82) is 0 Å². The average Bonchev–Trinajstić information content (AvgIpc) is 3.25. The van der Waals surface area contributed by atoms with Crippen LogP contribution in [0.15, 0.2) is 54.9 Å². The van der Waals surface area contributed by atoms with Gasteiger partial charge in [-0.2, -0.15) is 5.10 Å². The molecular formula is C20H18FN5O2. The third-order valence-corrected chi connectivity index (χ3v) is 4.36. The molecule has 4 aromatic rings. The SMILES string of the molecule is Cn1cc(NC(=O)c2cc(F)cc(-c3nc4ccccc4n3CCO)c2)cn1. The number of aliphatic hydroxyl groups excluding tert-OH is 1. The second kappa shape index (κ2) is 7.24. The monoisotopic (exact) mass is 379 g/mol. The van der Waals surface area contributed by atoms with Crippen LogP contribution in [0.4, 0.5) is 10.1 Å². The minimum Gasteiger partial charge on any atom is -0.395 e. The maximum Gasteiger partial charge on any atom is 0.255 e. The molecule has 0 bridgehead atoms. The number of aryl methyl sites for hydroxylation is 1. The van der Waals surface area contributed by atoms with Crippen LogP contribution in [0.2, 0.25) is 0 Å². The summed E-state index contributed by atoms with van der Waals surface area (Å²) in [6.45, 7) is 0.223. The Labute approximate surface area is 160 Å². The van der Waals surface area contributed by atoms with E-state index in [1.807, 2.05) is 28.8 Å². The molecule has 2 heterocycles. The molecule has 0 unspecified atom stereocenters. The lowest BCUT2D eigenvalue weighted by molar-refractivity contribution is 0.102. The number of benzene rings is 2. The topological polar surface area (TPSA) is 85.0 Å². The molecule has 28 heavy (non-hydrogen) atoms. The molecule has 4 rings (SSSR count). The van der Waals surface area contributed by atoms with Gasteiger partial charge in [-0.25, -0.2) is 9.37 Å². The lowest BCUT2D eigenvalue weighted by atomic mass is 10.1. The molecule has 0 aliphatic heterocycles. The Morgan fingerprint density at radius 3 is 2.82 bits per heavy atom. The molecule has 2 N–H and O–H groups in total. The highest BCUT2D eigenvalue weighted by Gasteiger charge is 2.16. The first-order valence-electron chi connectivity index (χ1n) is 8.72. The van der Waals surface area contributed by atoms with Crippen molar-refractivity contribution in [3.05, 3.63) is 66.2 Å². The van der Waals surface area contributed by atoms with Crippen LogP contribution in [-0.2, 0) is 13.6 Å². The molecule has 2 aromatic heterocycles. The lowest BCUT2D eigenvalue weighted by Gasteiger charge is -2.09. The standard InChI is InChI=1S/C20H18FN5O2/c1-25-12-16(11-22-25)23-20(28)14-8-13(9-15(21)10-14)19-24-17-4-2-3-5-18(17)26(19)6-7-27/h2-5,8-12,27H,6-7H2,1H3,(H,23,28). The van der Waals surface area contributed by atoms with Gasteiger partial charge in [-0.3, -0.25) is 9.48 Å². The summed E-state index contributed by atoms with van der Waals surface area (Å²) in [6.07, 6.45) is 3.16. The average molecular weight is 379 g/mol. The number of amides is 1. The largest absolute Gasteiger partial charge is 0.395 e. The van der Waals surface area contributed by atoms with Gasteiger partial charge in [0.15, 0.2) is 0 Å². The molecule has 0 aliphatic rings. The van der Waals surface area contributed by atoms with E-state index in [0.717, 1.165) is 11.0 Å². The highest BCUT2D eigenvalue weighted by Crippen LogP contribution is 2.26. The molecule has 0 aliphatic carbocycles. The van der Waals surface area contributed by atoms with Crippen molar-refractivity contribution in [3.63, 3.8) is 0 Å². The molecule has 8 heteroatoms. The Bertz CT molecular complexity index is 1160. The number of nitrogens with zero attached hydrogens (tertiary/aromatic N) is 4. The zero-order valence-electron chi connectivity index (χ0n) is 15.1. The number of nitrogens with one attached hydrogen (secondary N) is 1. The quantitative estimate of drug-likeness (QED) is 0.558. The normalized spacial score (nSPS) is 11.1. The van der Waals surface area contributed by atoms with Crippen molar-refractivity contribution in [1.82, 2.24) is 19.3 Å². The number of fused-ring (bicyclic) bond motifs is 1. The minimum atomic E-state index is -0.545. The van der Waals surface area contributed by atoms with E-state index in [4.69, 9.17) is 0 Å². The van der Waals surface area contributed by atoms with Gasteiger partial charge in [-0.1, -0.05) is 12.1 Å². The summed E-state index contributed by atoms with van der Waals surface area (Å²) in [5.41, 5.74) is 2.71. The number of para-hydroxylation sites is 2. The van der Waals surface area contributed by atoms with E-state index < -0.39 is 11.7 Å². The van der Waals surface area contributed by atoms with E-state index >= 15 is 0 Å². The fraction of sp³-hybridized carbons (Fsp3) is 0.150. The van der Waals surface area contributed by atoms with Crippen LogP contribution in [-0.4, -0.2) is 37.0 Å². The maximum atomic E-state index is 14.3. The van der Waals surface area contributed by atoms with Crippen molar-refractivity contribution in [2.24, 2.45) is 7.05 Å². The Morgan fingerprint density at radius 1 is 1.25 bits per heavy atom. The van der Waals surface area contributed by atoms with E-state index in [1.165, 1.54) is 18.3 Å². The number of imidazole rings is 1. The smallest absolute Gasteiger partial charge is 0.255 e. The van der Waals surface area contributed by atoms with Gasteiger partial charge >= 0.3 is 0 Å². The fourth-order valence-electron chi connectivity index (χ4n) is 3.16. The second-order valence-corrected chi connectivity index (χ2v) is 6.38. The molecule has 142 valence electrons. The molecule has 0 spiro atoms. The van der Waals surface area contributed by atoms with Crippen LogP contribution in [0.25, 0.3) is 22.4 Å². The first-order chi connectivity index (χ1) is 13.5. The number of anilines is 1. The molecular weight excluding hydrogens is 361 g/mol. The number of carbonyl (C=O) groups is 1. The zero-order chi connectivity index (χ0) is 19.7. The van der Waals surface area contributed by atoms with Crippen LogP contribution >= 0.6 is 0 Å². The lowest BCUT2D eigenvalue weighted by Crippen LogP contribution is -2.12. The number of hydrogen-bond acceptors (Lipinski definition) is 4. The van der Waals surface area contributed by atoms with Gasteiger partial charge in [-0.15, -0.1) is 0 Å². The third-order valence-electron chi connectivity index (χ3n) is 4.36. The van der Waals surface area contributed by atoms with Gasteiger partial charge < -0.3 is 15.0 Å². The van der Waals surface area contributed by atoms with E-state index in [1.54, 1.807) is 24.0 Å². The predicted octanol–water partition coefficient (Wildman–Crippen LogP) is 2.82. The van der Waals surface area contributed by atoms with Gasteiger partial charge in [0.2, 0.25) is 0 Å². The van der Waals surface area contributed by atoms with Crippen molar-refractivity contribution < 1.29 is 14.3 Å². The Hall–Kier alpha value is -3.52. The summed E-state index contributed by atoms with van der Waals surface area (Å²) in [7, 11) is 1.74. The molecule has 0 saturated carbocycles. The van der Waals surface area contributed by atoms with Gasteiger partial charge in [-0.05, 0) is 30.3 Å². The van der Waals surface area contributed by atoms with Crippen LogP contribution in [0.1, 0.15) is 10.4 Å². The molecule has 2 aromatic carbocycles. The highest BCUT2D eigenvalue weighted by molar-refractivity contribution is 6.04. The first-order valence-corrected chi connectivity index (χ1v) is 8.72. The van der Waals surface area contributed by atoms with Gasteiger partial charge in [0.05, 0.1) is 29.5 Å². The minimum absolute atomic E-state index is 0.0863. The van der Waals surface area contributed by atoms with Crippen molar-refractivity contribution in [2.75, 3.05) is 11.9 Å². The Kier molecular flexibility index (Phi) is 4.62.